The molecule has 11 atom stereocenters. The minimum atomic E-state index is -1.50. The molecule has 0 saturated carbocycles. The van der Waals surface area contributed by atoms with E-state index in [1.807, 2.05) is 6.92 Å². The highest BCUT2D eigenvalue weighted by Crippen LogP contribution is 2.31. The molecule has 2 heterocycles. The first-order valence-electron chi connectivity index (χ1n) is 12.1. The van der Waals surface area contributed by atoms with Crippen LogP contribution in [-0.4, -0.2) is 126 Å². The van der Waals surface area contributed by atoms with Crippen LogP contribution in [0.4, 0.5) is 0 Å². The van der Waals surface area contributed by atoms with E-state index in [2.05, 4.69) is 5.32 Å². The summed E-state index contributed by atoms with van der Waals surface area (Å²) >= 11 is 0. The molecule has 2 saturated heterocycles. The number of nitrogens with one attached hydrogen (secondary N) is 1. The largest absolute Gasteiger partial charge is 0.464 e. The number of amides is 1. The second-order valence-electron chi connectivity index (χ2n) is 8.70. The Morgan fingerprint density at radius 3 is 2.22 bits per heavy atom. The Morgan fingerprint density at radius 2 is 1.67 bits per heavy atom. The summed E-state index contributed by atoms with van der Waals surface area (Å²) in [5, 5.41) is 42.8. The first kappa shape index (κ1) is 30.8. The monoisotopic (exact) mass is 524 g/mol. The number of carbonyl (C=O) groups is 2. The number of ether oxygens (including phenoxy) is 6. The Kier molecular flexibility index (Phi) is 12.4. The van der Waals surface area contributed by atoms with Crippen molar-refractivity contribution in [2.75, 3.05) is 26.4 Å². The van der Waals surface area contributed by atoms with Crippen LogP contribution in [0, 0.1) is 0 Å². The van der Waals surface area contributed by atoms with Gasteiger partial charge in [-0.2, -0.15) is 0 Å². The van der Waals surface area contributed by atoms with Crippen LogP contribution in [0.2, 0.25) is 0 Å². The van der Waals surface area contributed by atoms with Crippen molar-refractivity contribution in [1.82, 2.24) is 5.32 Å². The van der Waals surface area contributed by atoms with Crippen LogP contribution in [0.1, 0.15) is 34.1 Å². The maximum Gasteiger partial charge on any atom is 0.334 e. The Bertz CT molecular complexity index is 698. The summed E-state index contributed by atoms with van der Waals surface area (Å²) in [6.07, 6.45) is -10.5. The third kappa shape index (κ3) is 7.54. The number of hydrogen-bond donors (Lipinski definition) is 6. The van der Waals surface area contributed by atoms with Gasteiger partial charge in [-0.3, -0.25) is 4.79 Å². The van der Waals surface area contributed by atoms with E-state index in [9.17, 15) is 30.0 Å². The van der Waals surface area contributed by atoms with E-state index in [0.29, 0.717) is 6.42 Å². The molecule has 0 bridgehead atoms. The average molecular weight is 525 g/mol. The van der Waals surface area contributed by atoms with Crippen LogP contribution >= 0.6 is 0 Å². The lowest BCUT2D eigenvalue weighted by atomic mass is 9.94. The zero-order valence-corrected chi connectivity index (χ0v) is 21.0. The zero-order valence-electron chi connectivity index (χ0n) is 21.0. The fraction of sp³-hybridized carbons (Fsp3) is 0.909. The quantitative estimate of drug-likeness (QED) is 0.142. The summed E-state index contributed by atoms with van der Waals surface area (Å²) in [6, 6.07) is -2.25. The first-order valence-corrected chi connectivity index (χ1v) is 12.1. The molecule has 0 aromatic heterocycles. The molecule has 2 aliphatic rings. The van der Waals surface area contributed by atoms with Gasteiger partial charge >= 0.3 is 5.97 Å². The molecule has 36 heavy (non-hydrogen) atoms. The normalized spacial score (nSPS) is 37.8. The number of aliphatic hydroxyl groups excluding tert-OH is 4. The van der Waals surface area contributed by atoms with E-state index >= 15 is 0 Å². The van der Waals surface area contributed by atoms with Crippen molar-refractivity contribution < 1.29 is 58.4 Å². The van der Waals surface area contributed by atoms with Crippen molar-refractivity contribution in [3.05, 3.63) is 0 Å². The van der Waals surface area contributed by atoms with Crippen LogP contribution in [0.25, 0.3) is 0 Å². The van der Waals surface area contributed by atoms with Gasteiger partial charge in [0, 0.05) is 13.5 Å². The topological polar surface area (TPSA) is 208 Å². The lowest BCUT2D eigenvalue weighted by Crippen LogP contribution is -2.69. The SMILES string of the molecule is CCCO[C@H]1O[C@H](CO)[C@@H](O[C@@H]2O[C@H](CO)[C@@H](O)[C@H](O)[C@H]2N)[C@H](O[C@H](C)C(=O)OCC)[C@H]1NC(C)=O. The second-order valence-corrected chi connectivity index (χ2v) is 8.70. The molecule has 210 valence electrons. The third-order valence-corrected chi connectivity index (χ3v) is 5.88. The van der Waals surface area contributed by atoms with E-state index in [1.54, 1.807) is 6.92 Å². The van der Waals surface area contributed by atoms with Crippen molar-refractivity contribution >= 4 is 11.9 Å². The fourth-order valence-corrected chi connectivity index (χ4v) is 4.07. The summed E-state index contributed by atoms with van der Waals surface area (Å²) < 4.78 is 34.3. The molecule has 7 N–H and O–H groups in total. The van der Waals surface area contributed by atoms with Crippen molar-refractivity contribution in [2.45, 2.75) is 102 Å². The number of carbonyl (C=O) groups excluding carboxylic acids is 2. The van der Waals surface area contributed by atoms with E-state index in [0.717, 1.165) is 0 Å². The molecular weight excluding hydrogens is 484 g/mol. The van der Waals surface area contributed by atoms with Crippen molar-refractivity contribution in [3.63, 3.8) is 0 Å². The summed E-state index contributed by atoms with van der Waals surface area (Å²) in [5.74, 6) is -1.11. The first-order chi connectivity index (χ1) is 17.1. The van der Waals surface area contributed by atoms with Gasteiger partial charge in [0.2, 0.25) is 5.91 Å². The van der Waals surface area contributed by atoms with Crippen LogP contribution in [0.5, 0.6) is 0 Å². The van der Waals surface area contributed by atoms with Gasteiger partial charge in [0.05, 0.1) is 25.9 Å². The van der Waals surface area contributed by atoms with Gasteiger partial charge < -0.3 is 59.9 Å². The lowest BCUT2D eigenvalue weighted by molar-refractivity contribution is -0.336. The average Bonchev–Trinajstić information content (AvgIpc) is 2.85. The summed E-state index contributed by atoms with van der Waals surface area (Å²) in [5.41, 5.74) is 6.02. The molecule has 14 heteroatoms. The maximum atomic E-state index is 12.3. The Hall–Kier alpha value is -1.46. The maximum absolute atomic E-state index is 12.3. The molecule has 14 nitrogen and oxygen atoms in total. The number of esters is 1. The van der Waals surface area contributed by atoms with E-state index < -0.39 is 92.5 Å². The smallest absolute Gasteiger partial charge is 0.334 e. The molecule has 0 aromatic rings. The highest BCUT2D eigenvalue weighted by Gasteiger charge is 2.52. The molecule has 0 aliphatic carbocycles. The summed E-state index contributed by atoms with van der Waals surface area (Å²) in [6.45, 7) is 5.43. The van der Waals surface area contributed by atoms with Crippen molar-refractivity contribution in [3.8, 4) is 0 Å². The van der Waals surface area contributed by atoms with E-state index in [-0.39, 0.29) is 13.2 Å². The number of rotatable bonds is 12. The second kappa shape index (κ2) is 14.5. The number of hydrogen-bond acceptors (Lipinski definition) is 13. The molecule has 2 aliphatic heterocycles. The molecule has 0 unspecified atom stereocenters. The molecule has 0 spiro atoms. The van der Waals surface area contributed by atoms with Gasteiger partial charge in [-0.1, -0.05) is 6.92 Å². The Balaban J connectivity index is 2.42. The molecule has 2 fully saturated rings. The van der Waals surface area contributed by atoms with Crippen LogP contribution in [-0.2, 0) is 38.0 Å². The molecule has 1 amide bonds. The molecule has 2 rings (SSSR count). The standard InChI is InChI=1S/C22H40N2O12/c1-5-7-32-22-15(24-11(4)27)19(33-10(3)20(30)31-6-2)18(13(9-26)35-22)36-21-14(23)17(29)16(28)12(8-25)34-21/h10,12-19,21-22,25-26,28-29H,5-9,23H2,1-4H3,(H,24,27)/t10-,12-,13-,14-,15-,16-,17-,18-,19-,21+,22+/m1/s1. The molecular formula is C22H40N2O12. The molecule has 0 aromatic carbocycles. The van der Waals surface area contributed by atoms with Gasteiger partial charge in [0.25, 0.3) is 0 Å². The van der Waals surface area contributed by atoms with Crippen molar-refractivity contribution in [1.29, 1.82) is 0 Å². The Labute approximate surface area is 209 Å². The predicted molar refractivity (Wildman–Crippen MR) is 121 cm³/mol. The van der Waals surface area contributed by atoms with Gasteiger partial charge in [-0.15, -0.1) is 0 Å². The zero-order chi connectivity index (χ0) is 27.0. The summed E-state index contributed by atoms with van der Waals surface area (Å²) in [4.78, 5) is 24.4. The highest BCUT2D eigenvalue weighted by atomic mass is 16.7. The fourth-order valence-electron chi connectivity index (χ4n) is 4.07. The van der Waals surface area contributed by atoms with Crippen molar-refractivity contribution in [2.24, 2.45) is 5.73 Å². The van der Waals surface area contributed by atoms with E-state index in [1.165, 1.54) is 13.8 Å². The lowest BCUT2D eigenvalue weighted by Gasteiger charge is -2.49. The predicted octanol–water partition coefficient (Wildman–Crippen LogP) is -2.88. The van der Waals surface area contributed by atoms with Crippen LogP contribution < -0.4 is 11.1 Å². The van der Waals surface area contributed by atoms with Gasteiger partial charge in [0.15, 0.2) is 18.7 Å². The van der Waals surface area contributed by atoms with Gasteiger partial charge in [-0.05, 0) is 20.3 Å². The third-order valence-electron chi connectivity index (χ3n) is 5.88. The van der Waals surface area contributed by atoms with Gasteiger partial charge in [0.1, 0.15) is 42.7 Å². The van der Waals surface area contributed by atoms with Crippen LogP contribution in [0.15, 0.2) is 0 Å². The number of nitrogens with two attached hydrogens (primary N) is 1. The summed E-state index contributed by atoms with van der Waals surface area (Å²) in [7, 11) is 0. The highest BCUT2D eigenvalue weighted by molar-refractivity contribution is 5.74. The Morgan fingerprint density at radius 1 is 1.03 bits per heavy atom. The van der Waals surface area contributed by atoms with E-state index in [4.69, 9.17) is 34.2 Å². The minimum Gasteiger partial charge on any atom is -0.464 e. The minimum absolute atomic E-state index is 0.115. The van der Waals surface area contributed by atoms with Gasteiger partial charge in [-0.25, -0.2) is 4.79 Å². The molecule has 0 radical (unpaired) electrons. The van der Waals surface area contributed by atoms with Crippen LogP contribution in [0.3, 0.4) is 0 Å². The number of aliphatic hydroxyl groups is 4.